The van der Waals surface area contributed by atoms with Gasteiger partial charge in [-0.25, -0.2) is 4.79 Å². The van der Waals surface area contributed by atoms with E-state index in [9.17, 15) is 9.59 Å². The van der Waals surface area contributed by atoms with Crippen LogP contribution >= 0.6 is 0 Å². The Morgan fingerprint density at radius 1 is 0.903 bits per heavy atom. The molecule has 0 atom stereocenters. The number of hydrogen-bond acceptors (Lipinski definition) is 4. The van der Waals surface area contributed by atoms with E-state index in [1.54, 1.807) is 14.2 Å². The highest BCUT2D eigenvalue weighted by atomic mass is 16.5. The molecule has 156 valence electrons. The number of methoxy groups -OCH3 is 1. The van der Waals surface area contributed by atoms with Crippen LogP contribution in [0.1, 0.15) is 5.69 Å². The molecule has 0 amide bonds. The number of benzene rings is 2. The van der Waals surface area contributed by atoms with Gasteiger partial charge in [0.1, 0.15) is 5.75 Å². The molecule has 31 heavy (non-hydrogen) atoms. The molecule has 0 saturated heterocycles. The monoisotopic (exact) mass is 415 g/mol. The summed E-state index contributed by atoms with van der Waals surface area (Å²) in [6, 6.07) is 17.6. The van der Waals surface area contributed by atoms with E-state index in [-0.39, 0.29) is 5.56 Å². The largest absolute Gasteiger partial charge is 0.495 e. The molecule has 2 aromatic carbocycles. The first-order chi connectivity index (χ1) is 15.0. The Hall–Kier alpha value is -4.07. The third kappa shape index (κ3) is 2.51. The maximum atomic E-state index is 13.1. The summed E-state index contributed by atoms with van der Waals surface area (Å²) in [5, 5.41) is 0. The number of imidazole rings is 2. The number of rotatable bonds is 3. The third-order valence-corrected chi connectivity index (χ3v) is 5.72. The van der Waals surface area contributed by atoms with Crippen LogP contribution in [0.4, 0.5) is 0 Å². The van der Waals surface area contributed by atoms with Crippen LogP contribution in [-0.4, -0.2) is 30.2 Å². The topological polar surface area (TPSA) is 75.5 Å². The van der Waals surface area contributed by atoms with Crippen molar-refractivity contribution < 1.29 is 4.74 Å². The lowest BCUT2D eigenvalue weighted by Crippen LogP contribution is -2.37. The Balaban J connectivity index is 2.06. The molecule has 3 heterocycles. The lowest BCUT2D eigenvalue weighted by atomic mass is 10.1. The molecule has 0 N–H and O–H groups in total. The Morgan fingerprint density at radius 3 is 2.29 bits per heavy atom. The van der Waals surface area contributed by atoms with Crippen molar-refractivity contribution in [3.63, 3.8) is 0 Å². The van der Waals surface area contributed by atoms with Crippen LogP contribution in [0, 0.1) is 6.92 Å². The van der Waals surface area contributed by atoms with Gasteiger partial charge in [-0.1, -0.05) is 42.5 Å². The molecule has 0 bridgehead atoms. The van der Waals surface area contributed by atoms with Gasteiger partial charge in [-0.2, -0.15) is 4.98 Å². The van der Waals surface area contributed by atoms with Crippen molar-refractivity contribution in [2.75, 3.05) is 7.11 Å². The standard InChI is InChI=1S/C23H21N5O3/c1-14-18(15-10-6-5-7-11-15)28(16-12-8-9-13-17(16)31-4)22-24-20-19(27(14)22)21(29)26(3)23(30)25(20)2/h5-13H,1-4H3. The zero-order valence-electron chi connectivity index (χ0n) is 17.7. The molecule has 0 aliphatic carbocycles. The molecule has 5 aromatic rings. The van der Waals surface area contributed by atoms with E-state index in [2.05, 4.69) is 0 Å². The summed E-state index contributed by atoms with van der Waals surface area (Å²) in [6.45, 7) is 1.95. The average Bonchev–Trinajstić information content (AvgIpc) is 3.32. The fraction of sp³-hybridized carbons (Fsp3) is 0.174. The predicted octanol–water partition coefficient (Wildman–Crippen LogP) is 2.66. The van der Waals surface area contributed by atoms with Crippen LogP contribution in [0.5, 0.6) is 5.75 Å². The minimum Gasteiger partial charge on any atom is -0.495 e. The second-order valence-corrected chi connectivity index (χ2v) is 7.43. The molecular weight excluding hydrogens is 394 g/mol. The van der Waals surface area contributed by atoms with Gasteiger partial charge in [-0.15, -0.1) is 0 Å². The second kappa shape index (κ2) is 6.73. The maximum Gasteiger partial charge on any atom is 0.332 e. The van der Waals surface area contributed by atoms with Crippen LogP contribution in [0.25, 0.3) is 33.9 Å². The number of nitrogens with zero attached hydrogens (tertiary/aromatic N) is 5. The number of para-hydroxylation sites is 2. The summed E-state index contributed by atoms with van der Waals surface area (Å²) in [4.78, 5) is 30.3. The fourth-order valence-corrected chi connectivity index (χ4v) is 4.20. The smallest absolute Gasteiger partial charge is 0.332 e. The summed E-state index contributed by atoms with van der Waals surface area (Å²) in [7, 11) is 4.72. The van der Waals surface area contributed by atoms with Crippen LogP contribution in [0.15, 0.2) is 64.2 Å². The quantitative estimate of drug-likeness (QED) is 0.454. The van der Waals surface area contributed by atoms with Gasteiger partial charge in [0.2, 0.25) is 5.78 Å². The number of ether oxygens (including phenoxy) is 1. The fourth-order valence-electron chi connectivity index (χ4n) is 4.20. The van der Waals surface area contributed by atoms with E-state index < -0.39 is 5.69 Å². The molecule has 0 aliphatic rings. The molecule has 0 spiro atoms. The van der Waals surface area contributed by atoms with Crippen molar-refractivity contribution in [1.29, 1.82) is 0 Å². The first-order valence-corrected chi connectivity index (χ1v) is 9.84. The number of aryl methyl sites for hydroxylation is 2. The third-order valence-electron chi connectivity index (χ3n) is 5.72. The average molecular weight is 415 g/mol. The first kappa shape index (κ1) is 18.9. The highest BCUT2D eigenvalue weighted by molar-refractivity contribution is 5.81. The molecular formula is C23H21N5O3. The highest BCUT2D eigenvalue weighted by Gasteiger charge is 2.25. The Kier molecular flexibility index (Phi) is 4.11. The number of hydrogen-bond donors (Lipinski definition) is 0. The Bertz CT molecular complexity index is 1590. The van der Waals surface area contributed by atoms with Crippen LogP contribution in [0.3, 0.4) is 0 Å². The predicted molar refractivity (Wildman–Crippen MR) is 119 cm³/mol. The van der Waals surface area contributed by atoms with E-state index in [1.165, 1.54) is 11.6 Å². The van der Waals surface area contributed by atoms with Gasteiger partial charge in [0, 0.05) is 25.4 Å². The van der Waals surface area contributed by atoms with Crippen molar-refractivity contribution >= 4 is 16.9 Å². The Morgan fingerprint density at radius 2 is 1.58 bits per heavy atom. The summed E-state index contributed by atoms with van der Waals surface area (Å²) < 4.78 is 11.9. The molecule has 3 aromatic heterocycles. The molecule has 5 rings (SSSR count). The summed E-state index contributed by atoms with van der Waals surface area (Å²) >= 11 is 0. The normalized spacial score (nSPS) is 11.5. The molecule has 0 unspecified atom stereocenters. The SMILES string of the molecule is COc1ccccc1-n1c(-c2ccccc2)c(C)n2c3c(=O)n(C)c(=O)n(C)c3nc12. The van der Waals surface area contributed by atoms with E-state index in [4.69, 9.17) is 9.72 Å². The lowest BCUT2D eigenvalue weighted by molar-refractivity contribution is 0.413. The first-order valence-electron chi connectivity index (χ1n) is 9.84. The van der Waals surface area contributed by atoms with Gasteiger partial charge in [-0.05, 0) is 19.1 Å². The lowest BCUT2D eigenvalue weighted by Gasteiger charge is -2.13. The van der Waals surface area contributed by atoms with E-state index in [0.717, 1.165) is 27.2 Å². The van der Waals surface area contributed by atoms with E-state index >= 15 is 0 Å². The van der Waals surface area contributed by atoms with Gasteiger partial charge in [0.05, 0.1) is 18.5 Å². The van der Waals surface area contributed by atoms with Crippen molar-refractivity contribution in [2.45, 2.75) is 6.92 Å². The van der Waals surface area contributed by atoms with Crippen molar-refractivity contribution in [3.8, 4) is 22.7 Å². The Labute approximate surface area is 177 Å². The van der Waals surface area contributed by atoms with Crippen LogP contribution in [0.2, 0.25) is 0 Å². The van der Waals surface area contributed by atoms with Crippen molar-refractivity contribution in [1.82, 2.24) is 23.1 Å². The minimum absolute atomic E-state index is 0.342. The molecule has 0 saturated carbocycles. The number of aromatic nitrogens is 5. The summed E-state index contributed by atoms with van der Waals surface area (Å²) in [5.41, 5.74) is 3.41. The summed E-state index contributed by atoms with van der Waals surface area (Å²) in [6.07, 6.45) is 0. The zero-order valence-corrected chi connectivity index (χ0v) is 17.7. The van der Waals surface area contributed by atoms with Gasteiger partial charge < -0.3 is 4.74 Å². The van der Waals surface area contributed by atoms with Gasteiger partial charge >= 0.3 is 5.69 Å². The van der Waals surface area contributed by atoms with Crippen LogP contribution < -0.4 is 16.0 Å². The molecule has 0 radical (unpaired) electrons. The van der Waals surface area contributed by atoms with E-state index in [0.29, 0.717) is 22.7 Å². The summed E-state index contributed by atoms with van der Waals surface area (Å²) in [5.74, 6) is 1.21. The van der Waals surface area contributed by atoms with Crippen molar-refractivity contribution in [3.05, 3.63) is 81.1 Å². The molecule has 0 aliphatic heterocycles. The zero-order chi connectivity index (χ0) is 21.9. The minimum atomic E-state index is -0.414. The van der Waals surface area contributed by atoms with Gasteiger partial charge in [-0.3, -0.25) is 22.9 Å². The number of fused-ring (bicyclic) bond motifs is 3. The van der Waals surface area contributed by atoms with Gasteiger partial charge in [0.15, 0.2) is 11.2 Å². The molecule has 8 heteroatoms. The van der Waals surface area contributed by atoms with Crippen molar-refractivity contribution in [2.24, 2.45) is 14.1 Å². The molecule has 0 fully saturated rings. The van der Waals surface area contributed by atoms with Crippen LogP contribution in [-0.2, 0) is 14.1 Å². The second-order valence-electron chi connectivity index (χ2n) is 7.43. The molecule has 8 nitrogen and oxygen atoms in total. The highest BCUT2D eigenvalue weighted by Crippen LogP contribution is 2.35. The maximum absolute atomic E-state index is 13.1. The van der Waals surface area contributed by atoms with Gasteiger partial charge in [0.25, 0.3) is 5.56 Å². The van der Waals surface area contributed by atoms with E-state index in [1.807, 2.05) is 70.5 Å².